The molecule has 172 valence electrons. The third kappa shape index (κ3) is 5.18. The highest BCUT2D eigenvalue weighted by atomic mass is 16.5. The quantitative estimate of drug-likeness (QED) is 0.358. The molecule has 0 saturated carbocycles. The van der Waals surface area contributed by atoms with E-state index in [4.69, 9.17) is 9.47 Å². The number of nitrogens with zero attached hydrogens (tertiary/aromatic N) is 1. The van der Waals surface area contributed by atoms with Crippen LogP contribution in [0.3, 0.4) is 0 Å². The van der Waals surface area contributed by atoms with Crippen molar-refractivity contribution >= 4 is 29.4 Å². The van der Waals surface area contributed by atoms with E-state index in [1.807, 2.05) is 32.9 Å². The van der Waals surface area contributed by atoms with Crippen LogP contribution in [-0.2, 0) is 23.9 Å². The number of hydrogen-bond donors (Lipinski definition) is 1. The molecule has 2 aliphatic rings. The Morgan fingerprint density at radius 2 is 1.72 bits per heavy atom. The first-order valence-corrected chi connectivity index (χ1v) is 11.0. The van der Waals surface area contributed by atoms with Crippen LogP contribution in [0.15, 0.2) is 36.4 Å². The standard InChI is InChI=1S/C24H30N2O6/c1-4-31-20-12-8-7-11-18(20)25-21(27)14-32-24(30)19(13-15(2)3)26-22(28)16-9-5-6-10-17(16)23(26)29/h5-8,11-12,15-17,19H,4,9-10,13-14H2,1-3H3,(H,25,27)/t16-,17+,19-/m1/s1. The zero-order valence-electron chi connectivity index (χ0n) is 18.7. The lowest BCUT2D eigenvalue weighted by atomic mass is 9.85. The van der Waals surface area contributed by atoms with Gasteiger partial charge in [0.1, 0.15) is 11.8 Å². The maximum Gasteiger partial charge on any atom is 0.329 e. The second-order valence-electron chi connectivity index (χ2n) is 8.43. The lowest BCUT2D eigenvalue weighted by Crippen LogP contribution is -2.47. The van der Waals surface area contributed by atoms with Crippen LogP contribution in [0.1, 0.15) is 40.0 Å². The fraction of sp³-hybridized carbons (Fsp3) is 0.500. The van der Waals surface area contributed by atoms with Gasteiger partial charge in [-0.25, -0.2) is 4.79 Å². The Hall–Kier alpha value is -3.16. The normalized spacial score (nSPS) is 20.8. The first-order valence-electron chi connectivity index (χ1n) is 11.0. The van der Waals surface area contributed by atoms with Crippen molar-refractivity contribution in [3.05, 3.63) is 36.4 Å². The highest BCUT2D eigenvalue weighted by Crippen LogP contribution is 2.37. The number of ether oxygens (including phenoxy) is 2. The van der Waals surface area contributed by atoms with E-state index in [-0.39, 0.29) is 24.2 Å². The van der Waals surface area contributed by atoms with Crippen LogP contribution in [0.2, 0.25) is 0 Å². The van der Waals surface area contributed by atoms with E-state index in [9.17, 15) is 19.2 Å². The Morgan fingerprint density at radius 1 is 1.09 bits per heavy atom. The smallest absolute Gasteiger partial charge is 0.329 e. The van der Waals surface area contributed by atoms with Crippen molar-refractivity contribution in [2.45, 2.75) is 46.1 Å². The molecule has 8 heteroatoms. The van der Waals surface area contributed by atoms with Gasteiger partial charge in [0.25, 0.3) is 5.91 Å². The largest absolute Gasteiger partial charge is 0.492 e. The molecule has 3 atom stereocenters. The zero-order chi connectivity index (χ0) is 23.3. The van der Waals surface area contributed by atoms with Gasteiger partial charge in [0.05, 0.1) is 24.1 Å². The Morgan fingerprint density at radius 3 is 2.31 bits per heavy atom. The second kappa shape index (κ2) is 10.4. The Bertz CT molecular complexity index is 884. The van der Waals surface area contributed by atoms with Gasteiger partial charge in [-0.2, -0.15) is 0 Å². The number of carbonyl (C=O) groups excluding carboxylic acids is 4. The molecule has 8 nitrogen and oxygen atoms in total. The van der Waals surface area contributed by atoms with E-state index in [1.54, 1.807) is 24.3 Å². The molecule has 1 aromatic carbocycles. The third-order valence-electron chi connectivity index (χ3n) is 5.63. The van der Waals surface area contributed by atoms with Crippen molar-refractivity contribution in [1.29, 1.82) is 0 Å². The summed E-state index contributed by atoms with van der Waals surface area (Å²) >= 11 is 0. The molecular weight excluding hydrogens is 412 g/mol. The molecule has 0 bridgehead atoms. The summed E-state index contributed by atoms with van der Waals surface area (Å²) in [5, 5.41) is 2.66. The van der Waals surface area contributed by atoms with E-state index in [1.165, 1.54) is 0 Å². The van der Waals surface area contributed by atoms with Crippen LogP contribution in [0.5, 0.6) is 5.75 Å². The molecule has 1 heterocycles. The molecule has 32 heavy (non-hydrogen) atoms. The number of benzene rings is 1. The lowest BCUT2D eigenvalue weighted by Gasteiger charge is -2.26. The average Bonchev–Trinajstić information content (AvgIpc) is 3.02. The summed E-state index contributed by atoms with van der Waals surface area (Å²) < 4.78 is 10.7. The van der Waals surface area contributed by atoms with Crippen molar-refractivity contribution in [3.8, 4) is 5.75 Å². The fourth-order valence-corrected chi connectivity index (χ4v) is 4.16. The van der Waals surface area contributed by atoms with Gasteiger partial charge in [0.2, 0.25) is 11.8 Å². The van der Waals surface area contributed by atoms with Crippen LogP contribution < -0.4 is 10.1 Å². The number of imide groups is 1. The predicted molar refractivity (Wildman–Crippen MR) is 118 cm³/mol. The Labute approximate surface area is 187 Å². The first kappa shape index (κ1) is 23.5. The van der Waals surface area contributed by atoms with Crippen LogP contribution in [0, 0.1) is 17.8 Å². The minimum absolute atomic E-state index is 0.0424. The predicted octanol–water partition coefficient (Wildman–Crippen LogP) is 2.93. The lowest BCUT2D eigenvalue weighted by molar-refractivity contribution is -0.160. The Kier molecular flexibility index (Phi) is 7.66. The van der Waals surface area contributed by atoms with Crippen LogP contribution >= 0.6 is 0 Å². The maximum atomic E-state index is 12.9. The number of amides is 3. The van der Waals surface area contributed by atoms with E-state index in [2.05, 4.69) is 5.32 Å². The van der Waals surface area contributed by atoms with Gasteiger partial charge in [-0.15, -0.1) is 0 Å². The highest BCUT2D eigenvalue weighted by Gasteiger charge is 2.51. The van der Waals surface area contributed by atoms with Gasteiger partial charge in [0, 0.05) is 0 Å². The highest BCUT2D eigenvalue weighted by molar-refractivity contribution is 6.08. The summed E-state index contributed by atoms with van der Waals surface area (Å²) in [7, 11) is 0. The monoisotopic (exact) mass is 442 g/mol. The zero-order valence-corrected chi connectivity index (χ0v) is 18.7. The maximum absolute atomic E-state index is 12.9. The summed E-state index contributed by atoms with van der Waals surface area (Å²) in [5.74, 6) is -2.24. The van der Waals surface area contributed by atoms with Gasteiger partial charge in [-0.05, 0) is 44.2 Å². The molecular formula is C24H30N2O6. The van der Waals surface area contributed by atoms with Crippen LogP contribution in [0.25, 0.3) is 0 Å². The Balaban J connectivity index is 1.66. The topological polar surface area (TPSA) is 102 Å². The van der Waals surface area contributed by atoms with Crippen LogP contribution in [0.4, 0.5) is 5.69 Å². The number of carbonyl (C=O) groups is 4. The minimum Gasteiger partial charge on any atom is -0.492 e. The number of likely N-dealkylation sites (tertiary alicyclic amines) is 1. The van der Waals surface area contributed by atoms with E-state index in [0.717, 1.165) is 4.90 Å². The average molecular weight is 443 g/mol. The minimum atomic E-state index is -1.04. The molecule has 0 unspecified atom stereocenters. The summed E-state index contributed by atoms with van der Waals surface area (Å²) in [6.45, 7) is 5.55. The van der Waals surface area contributed by atoms with Gasteiger partial charge in [0.15, 0.2) is 6.61 Å². The number of allylic oxidation sites excluding steroid dienone is 2. The summed E-state index contributed by atoms with van der Waals surface area (Å²) in [6.07, 6.45) is 5.07. The van der Waals surface area contributed by atoms with E-state index in [0.29, 0.717) is 30.9 Å². The van der Waals surface area contributed by atoms with Crippen molar-refractivity contribution in [2.24, 2.45) is 17.8 Å². The number of nitrogens with one attached hydrogen (secondary N) is 1. The van der Waals surface area contributed by atoms with Crippen molar-refractivity contribution < 1.29 is 28.7 Å². The van der Waals surface area contributed by atoms with Gasteiger partial charge >= 0.3 is 5.97 Å². The summed E-state index contributed by atoms with van der Waals surface area (Å²) in [5.41, 5.74) is 0.468. The molecule has 1 fully saturated rings. The van der Waals surface area contributed by atoms with Crippen molar-refractivity contribution in [2.75, 3.05) is 18.5 Å². The molecule has 0 aromatic heterocycles. The van der Waals surface area contributed by atoms with Crippen LogP contribution in [-0.4, -0.2) is 47.8 Å². The van der Waals surface area contributed by atoms with Crippen molar-refractivity contribution in [3.63, 3.8) is 0 Å². The summed E-state index contributed by atoms with van der Waals surface area (Å²) in [6, 6.07) is 5.91. The molecule has 1 saturated heterocycles. The summed E-state index contributed by atoms with van der Waals surface area (Å²) in [4.78, 5) is 52.2. The SMILES string of the molecule is CCOc1ccccc1NC(=O)COC(=O)[C@@H](CC(C)C)N1C(=O)[C@H]2CC=CC[C@H]2C1=O. The number of anilines is 1. The van der Waals surface area contributed by atoms with Crippen molar-refractivity contribution in [1.82, 2.24) is 4.90 Å². The molecule has 1 N–H and O–H groups in total. The van der Waals surface area contributed by atoms with Gasteiger partial charge < -0.3 is 14.8 Å². The van der Waals surface area contributed by atoms with Gasteiger partial charge in [-0.1, -0.05) is 38.1 Å². The molecule has 1 aliphatic carbocycles. The molecule has 3 amide bonds. The number of rotatable bonds is 9. The fourth-order valence-electron chi connectivity index (χ4n) is 4.16. The molecule has 1 aromatic rings. The van der Waals surface area contributed by atoms with E-state index < -0.39 is 36.4 Å². The molecule has 1 aliphatic heterocycles. The third-order valence-corrected chi connectivity index (χ3v) is 5.63. The number of esters is 1. The first-order chi connectivity index (χ1) is 15.3. The van der Waals surface area contributed by atoms with E-state index >= 15 is 0 Å². The number of hydrogen-bond acceptors (Lipinski definition) is 6. The second-order valence-corrected chi connectivity index (χ2v) is 8.43. The molecule has 3 rings (SSSR count). The number of fused-ring (bicyclic) bond motifs is 1. The van der Waals surface area contributed by atoms with Gasteiger partial charge in [-0.3, -0.25) is 19.3 Å². The molecule has 0 spiro atoms. The molecule has 0 radical (unpaired) electrons. The number of para-hydroxylation sites is 2.